The molecule has 88 valence electrons. The molecule has 2 fully saturated rings. The molecular formula is C13H26N2. The van der Waals surface area contributed by atoms with Crippen molar-refractivity contribution in [2.45, 2.75) is 58.0 Å². The molecule has 0 bridgehead atoms. The second-order valence-corrected chi connectivity index (χ2v) is 5.56. The van der Waals surface area contributed by atoms with Gasteiger partial charge < -0.3 is 5.32 Å². The number of hydrogen-bond donors (Lipinski definition) is 1. The van der Waals surface area contributed by atoms with Gasteiger partial charge in [0.05, 0.1) is 0 Å². The van der Waals surface area contributed by atoms with Gasteiger partial charge in [-0.3, -0.25) is 4.90 Å². The van der Waals surface area contributed by atoms with Crippen LogP contribution in [0.2, 0.25) is 0 Å². The van der Waals surface area contributed by atoms with E-state index in [9.17, 15) is 0 Å². The predicted molar refractivity (Wildman–Crippen MR) is 65.1 cm³/mol. The number of rotatable bonds is 4. The van der Waals surface area contributed by atoms with E-state index >= 15 is 0 Å². The Balaban J connectivity index is 1.96. The lowest BCUT2D eigenvalue weighted by Gasteiger charge is -2.45. The second-order valence-electron chi connectivity index (χ2n) is 5.56. The van der Waals surface area contributed by atoms with Gasteiger partial charge in [-0.15, -0.1) is 0 Å². The average molecular weight is 210 g/mol. The lowest BCUT2D eigenvalue weighted by Crippen LogP contribution is -2.61. The van der Waals surface area contributed by atoms with Gasteiger partial charge in [0.15, 0.2) is 0 Å². The standard InChI is InChI=1S/C13H26N2/c1-4-12(5-2)15-9-8-14-13(3,10-15)11-6-7-11/h11-12,14H,4-10H2,1-3H3. The zero-order chi connectivity index (χ0) is 10.9. The van der Waals surface area contributed by atoms with Gasteiger partial charge in [0.2, 0.25) is 0 Å². The first-order valence-electron chi connectivity index (χ1n) is 6.68. The molecule has 2 heteroatoms. The van der Waals surface area contributed by atoms with Crippen molar-refractivity contribution in [3.05, 3.63) is 0 Å². The van der Waals surface area contributed by atoms with Crippen molar-refractivity contribution in [2.75, 3.05) is 19.6 Å². The first-order chi connectivity index (χ1) is 7.19. The summed E-state index contributed by atoms with van der Waals surface area (Å²) in [5.74, 6) is 0.953. The lowest BCUT2D eigenvalue weighted by atomic mass is 9.91. The van der Waals surface area contributed by atoms with Crippen LogP contribution in [0.1, 0.15) is 46.5 Å². The molecule has 1 unspecified atom stereocenters. The molecule has 15 heavy (non-hydrogen) atoms. The molecule has 0 aromatic rings. The highest BCUT2D eigenvalue weighted by atomic mass is 15.2. The van der Waals surface area contributed by atoms with Gasteiger partial charge in [-0.25, -0.2) is 0 Å². The van der Waals surface area contributed by atoms with E-state index in [1.807, 2.05) is 0 Å². The number of nitrogens with zero attached hydrogens (tertiary/aromatic N) is 1. The average Bonchev–Trinajstić information content (AvgIpc) is 3.03. The molecule has 0 radical (unpaired) electrons. The Bertz CT molecular complexity index is 209. The minimum atomic E-state index is 0.418. The third-order valence-electron chi connectivity index (χ3n) is 4.40. The SMILES string of the molecule is CCC(CC)N1CCNC(C)(C2CC2)C1. The molecule has 1 N–H and O–H groups in total. The van der Waals surface area contributed by atoms with Crippen molar-refractivity contribution >= 4 is 0 Å². The summed E-state index contributed by atoms with van der Waals surface area (Å²) in [4.78, 5) is 2.72. The second kappa shape index (κ2) is 4.42. The minimum absolute atomic E-state index is 0.418. The van der Waals surface area contributed by atoms with Crippen LogP contribution < -0.4 is 5.32 Å². The maximum atomic E-state index is 3.75. The molecule has 1 saturated heterocycles. The van der Waals surface area contributed by atoms with Crippen LogP contribution in [-0.4, -0.2) is 36.1 Å². The van der Waals surface area contributed by atoms with Crippen molar-refractivity contribution < 1.29 is 0 Å². The van der Waals surface area contributed by atoms with E-state index in [0.29, 0.717) is 5.54 Å². The summed E-state index contributed by atoms with van der Waals surface area (Å²) in [6.07, 6.45) is 5.50. The summed E-state index contributed by atoms with van der Waals surface area (Å²) in [6, 6.07) is 0.810. The Hall–Kier alpha value is -0.0800. The molecule has 0 spiro atoms. The Morgan fingerprint density at radius 2 is 2.00 bits per heavy atom. The normalized spacial score (nSPS) is 33.6. The molecule has 1 aliphatic heterocycles. The van der Waals surface area contributed by atoms with E-state index in [1.165, 1.54) is 45.3 Å². The number of nitrogens with one attached hydrogen (secondary N) is 1. The number of piperazine rings is 1. The van der Waals surface area contributed by atoms with Crippen molar-refractivity contribution in [1.82, 2.24) is 10.2 Å². The fourth-order valence-corrected chi connectivity index (χ4v) is 3.15. The molecule has 1 saturated carbocycles. The Kier molecular flexibility index (Phi) is 3.36. The van der Waals surface area contributed by atoms with Crippen molar-refractivity contribution in [3.63, 3.8) is 0 Å². The fourth-order valence-electron chi connectivity index (χ4n) is 3.15. The minimum Gasteiger partial charge on any atom is -0.309 e. The summed E-state index contributed by atoms with van der Waals surface area (Å²) in [6.45, 7) is 10.8. The van der Waals surface area contributed by atoms with Crippen LogP contribution in [-0.2, 0) is 0 Å². The molecule has 0 amide bonds. The van der Waals surface area contributed by atoms with Gasteiger partial charge in [0.1, 0.15) is 0 Å². The van der Waals surface area contributed by atoms with Crippen LogP contribution in [0.4, 0.5) is 0 Å². The molecule has 0 aromatic carbocycles. The predicted octanol–water partition coefficient (Wildman–Crippen LogP) is 2.25. The molecule has 1 atom stereocenters. The van der Waals surface area contributed by atoms with E-state index in [4.69, 9.17) is 0 Å². The monoisotopic (exact) mass is 210 g/mol. The molecule has 2 aliphatic rings. The van der Waals surface area contributed by atoms with Crippen molar-refractivity contribution in [3.8, 4) is 0 Å². The summed E-state index contributed by atoms with van der Waals surface area (Å²) < 4.78 is 0. The zero-order valence-corrected chi connectivity index (χ0v) is 10.6. The van der Waals surface area contributed by atoms with E-state index in [-0.39, 0.29) is 0 Å². The van der Waals surface area contributed by atoms with Crippen LogP contribution in [0.15, 0.2) is 0 Å². The Morgan fingerprint density at radius 3 is 2.53 bits per heavy atom. The van der Waals surface area contributed by atoms with Crippen LogP contribution in [0.3, 0.4) is 0 Å². The topological polar surface area (TPSA) is 15.3 Å². The molecule has 1 aliphatic carbocycles. The van der Waals surface area contributed by atoms with E-state index in [2.05, 4.69) is 31.0 Å². The van der Waals surface area contributed by atoms with Gasteiger partial charge in [-0.1, -0.05) is 13.8 Å². The van der Waals surface area contributed by atoms with Gasteiger partial charge in [0.25, 0.3) is 0 Å². The van der Waals surface area contributed by atoms with Crippen molar-refractivity contribution in [1.29, 1.82) is 0 Å². The van der Waals surface area contributed by atoms with E-state index in [1.54, 1.807) is 0 Å². The van der Waals surface area contributed by atoms with Crippen LogP contribution >= 0.6 is 0 Å². The first kappa shape index (κ1) is 11.4. The molecular weight excluding hydrogens is 184 g/mol. The highest BCUT2D eigenvalue weighted by molar-refractivity contribution is 5.02. The maximum absolute atomic E-state index is 3.75. The highest BCUT2D eigenvalue weighted by Gasteiger charge is 2.44. The summed E-state index contributed by atoms with van der Waals surface area (Å²) in [5, 5.41) is 3.75. The van der Waals surface area contributed by atoms with Gasteiger partial charge in [0, 0.05) is 31.2 Å². The fraction of sp³-hybridized carbons (Fsp3) is 1.00. The van der Waals surface area contributed by atoms with Gasteiger partial charge >= 0.3 is 0 Å². The quantitative estimate of drug-likeness (QED) is 0.765. The summed E-state index contributed by atoms with van der Waals surface area (Å²) >= 11 is 0. The Labute approximate surface area is 94.4 Å². The molecule has 2 nitrogen and oxygen atoms in total. The summed E-state index contributed by atoms with van der Waals surface area (Å²) in [5.41, 5.74) is 0.418. The van der Waals surface area contributed by atoms with Gasteiger partial charge in [-0.2, -0.15) is 0 Å². The molecule has 2 rings (SSSR count). The largest absolute Gasteiger partial charge is 0.309 e. The van der Waals surface area contributed by atoms with Crippen LogP contribution in [0.25, 0.3) is 0 Å². The van der Waals surface area contributed by atoms with Crippen LogP contribution in [0, 0.1) is 5.92 Å². The van der Waals surface area contributed by atoms with Gasteiger partial charge in [-0.05, 0) is 38.5 Å². The number of hydrogen-bond acceptors (Lipinski definition) is 2. The highest BCUT2D eigenvalue weighted by Crippen LogP contribution is 2.41. The third-order valence-corrected chi connectivity index (χ3v) is 4.40. The van der Waals surface area contributed by atoms with E-state index in [0.717, 1.165) is 12.0 Å². The smallest absolute Gasteiger partial charge is 0.0309 e. The molecule has 0 aromatic heterocycles. The lowest BCUT2D eigenvalue weighted by molar-refractivity contribution is 0.0842. The first-order valence-corrected chi connectivity index (χ1v) is 6.68. The van der Waals surface area contributed by atoms with Crippen molar-refractivity contribution in [2.24, 2.45) is 5.92 Å². The van der Waals surface area contributed by atoms with Crippen LogP contribution in [0.5, 0.6) is 0 Å². The zero-order valence-electron chi connectivity index (χ0n) is 10.6. The Morgan fingerprint density at radius 1 is 1.33 bits per heavy atom. The molecule has 1 heterocycles. The maximum Gasteiger partial charge on any atom is 0.0309 e. The summed E-state index contributed by atoms with van der Waals surface area (Å²) in [7, 11) is 0. The van der Waals surface area contributed by atoms with E-state index < -0.39 is 0 Å². The third kappa shape index (κ3) is 2.36.